The van der Waals surface area contributed by atoms with Crippen LogP contribution in [0.4, 0.5) is 0 Å². The van der Waals surface area contributed by atoms with E-state index in [1.165, 1.54) is 28.7 Å². The van der Waals surface area contributed by atoms with Gasteiger partial charge in [0.15, 0.2) is 0 Å². The van der Waals surface area contributed by atoms with Gasteiger partial charge in [0.2, 0.25) is 10.2 Å². The molecule has 0 aliphatic heterocycles. The number of nitrogens with zero attached hydrogens (tertiary/aromatic N) is 6. The number of hydrogen-bond acceptors (Lipinski definition) is 8. The maximum absolute atomic E-state index is 12.3. The predicted octanol–water partition coefficient (Wildman–Crippen LogP) is 3.12. The van der Waals surface area contributed by atoms with E-state index in [9.17, 15) is 4.79 Å². The Bertz CT molecular complexity index is 1170. The normalized spacial score (nSPS) is 11.1. The minimum absolute atomic E-state index is 0.222. The monoisotopic (exact) mass is 425 g/mol. The van der Waals surface area contributed by atoms with Crippen molar-refractivity contribution in [1.82, 2.24) is 35.1 Å². The van der Waals surface area contributed by atoms with Crippen molar-refractivity contribution in [1.29, 1.82) is 0 Å². The summed E-state index contributed by atoms with van der Waals surface area (Å²) < 4.78 is 1.72. The van der Waals surface area contributed by atoms with Gasteiger partial charge in [-0.15, -0.1) is 15.3 Å². The van der Waals surface area contributed by atoms with Gasteiger partial charge in [0.25, 0.3) is 11.7 Å². The number of nitrogens with one attached hydrogen (secondary N) is 1. The lowest BCUT2D eigenvalue weighted by Crippen LogP contribution is -2.22. The lowest BCUT2D eigenvalue weighted by molar-refractivity contribution is 0.0950. The molecule has 0 aliphatic carbocycles. The smallest absolute Gasteiger partial charge is 0.282 e. The van der Waals surface area contributed by atoms with Crippen LogP contribution in [0.1, 0.15) is 37.3 Å². The zero-order chi connectivity index (χ0) is 20.4. The van der Waals surface area contributed by atoms with Gasteiger partial charge in [0.05, 0.1) is 5.75 Å². The van der Waals surface area contributed by atoms with E-state index < -0.39 is 0 Å². The lowest BCUT2D eigenvalue weighted by Gasteiger charge is -2.03. The van der Waals surface area contributed by atoms with Crippen LogP contribution in [-0.2, 0) is 12.3 Å². The molecule has 4 aromatic rings. The molecule has 4 rings (SSSR count). The summed E-state index contributed by atoms with van der Waals surface area (Å²) in [6.07, 6.45) is 0. The predicted molar refractivity (Wildman–Crippen MR) is 112 cm³/mol. The molecular formula is C19H19N7OS2. The Kier molecular flexibility index (Phi) is 5.54. The molecule has 0 bridgehead atoms. The molecular weight excluding hydrogens is 406 g/mol. The highest BCUT2D eigenvalue weighted by Crippen LogP contribution is 2.22. The average Bonchev–Trinajstić information content (AvgIpc) is 3.32. The highest BCUT2D eigenvalue weighted by molar-refractivity contribution is 7.98. The van der Waals surface area contributed by atoms with E-state index in [2.05, 4.69) is 30.6 Å². The molecule has 0 spiro atoms. The van der Waals surface area contributed by atoms with E-state index in [0.717, 1.165) is 22.0 Å². The summed E-state index contributed by atoms with van der Waals surface area (Å²) in [5.74, 6) is 0.900. The van der Waals surface area contributed by atoms with Crippen molar-refractivity contribution in [2.75, 3.05) is 0 Å². The lowest BCUT2D eigenvalue weighted by atomic mass is 10.1. The second kappa shape index (κ2) is 8.26. The molecule has 3 heterocycles. The Balaban J connectivity index is 1.36. The molecule has 3 aromatic heterocycles. The van der Waals surface area contributed by atoms with Gasteiger partial charge in [0, 0.05) is 17.9 Å². The Morgan fingerprint density at radius 3 is 2.72 bits per heavy atom. The first-order valence-corrected chi connectivity index (χ1v) is 10.8. The molecule has 0 aliphatic rings. The van der Waals surface area contributed by atoms with Gasteiger partial charge in [0.1, 0.15) is 5.01 Å². The molecule has 0 atom stereocenters. The average molecular weight is 426 g/mol. The molecule has 10 heteroatoms. The minimum Gasteiger partial charge on any atom is -0.346 e. The van der Waals surface area contributed by atoms with Gasteiger partial charge < -0.3 is 5.32 Å². The fourth-order valence-electron chi connectivity index (χ4n) is 2.70. The molecule has 0 saturated carbocycles. The third-order valence-electron chi connectivity index (χ3n) is 4.16. The molecule has 0 fully saturated rings. The van der Waals surface area contributed by atoms with Crippen LogP contribution in [0.25, 0.3) is 5.78 Å². The third kappa shape index (κ3) is 4.60. The minimum atomic E-state index is -0.222. The molecule has 148 valence electrons. The van der Waals surface area contributed by atoms with Crippen molar-refractivity contribution in [3.63, 3.8) is 0 Å². The van der Waals surface area contributed by atoms with Crippen LogP contribution in [0.15, 0.2) is 35.5 Å². The van der Waals surface area contributed by atoms with Crippen LogP contribution in [0.3, 0.4) is 0 Å². The fourth-order valence-corrected chi connectivity index (χ4v) is 4.26. The van der Waals surface area contributed by atoms with Crippen LogP contribution in [0.2, 0.25) is 0 Å². The summed E-state index contributed by atoms with van der Waals surface area (Å²) in [5, 5.41) is 17.2. The summed E-state index contributed by atoms with van der Waals surface area (Å²) in [7, 11) is 0. The highest BCUT2D eigenvalue weighted by atomic mass is 32.2. The number of amides is 1. The van der Waals surface area contributed by atoms with E-state index >= 15 is 0 Å². The third-order valence-corrected chi connectivity index (χ3v) is 6.11. The topological polar surface area (TPSA) is 98.0 Å². The van der Waals surface area contributed by atoms with Crippen LogP contribution in [0, 0.1) is 20.8 Å². The maximum Gasteiger partial charge on any atom is 0.282 e. The fraction of sp³-hybridized carbons (Fsp3) is 0.263. The Hall–Kier alpha value is -2.85. The standard InChI is InChI=1S/C19H19N7OS2/c1-11-4-6-14(7-5-11)9-20-16(27)17-24-23-15(29-17)10-28-19-22-18-21-12(2)8-13(3)26(18)25-19/h4-8H,9-10H2,1-3H3,(H,20,27). The van der Waals surface area contributed by atoms with Gasteiger partial charge in [-0.05, 0) is 32.4 Å². The Morgan fingerprint density at radius 2 is 1.93 bits per heavy atom. The Morgan fingerprint density at radius 1 is 1.14 bits per heavy atom. The van der Waals surface area contributed by atoms with Gasteiger partial charge in [-0.1, -0.05) is 52.9 Å². The molecule has 8 nitrogen and oxygen atoms in total. The van der Waals surface area contributed by atoms with Crippen LogP contribution in [0.5, 0.6) is 0 Å². The molecule has 1 amide bonds. The summed E-state index contributed by atoms with van der Waals surface area (Å²) in [5.41, 5.74) is 4.12. The molecule has 1 N–H and O–H groups in total. The molecule has 29 heavy (non-hydrogen) atoms. The van der Waals surface area contributed by atoms with Crippen molar-refractivity contribution in [3.8, 4) is 0 Å². The van der Waals surface area contributed by atoms with Crippen molar-refractivity contribution in [2.24, 2.45) is 0 Å². The van der Waals surface area contributed by atoms with Gasteiger partial charge in [-0.2, -0.15) is 4.98 Å². The number of carbonyl (C=O) groups is 1. The first-order chi connectivity index (χ1) is 14.0. The van der Waals surface area contributed by atoms with Crippen molar-refractivity contribution < 1.29 is 4.79 Å². The number of aromatic nitrogens is 6. The molecule has 1 aromatic carbocycles. The zero-order valence-electron chi connectivity index (χ0n) is 16.2. The Labute approximate surface area is 175 Å². The van der Waals surface area contributed by atoms with Gasteiger partial charge in [-0.25, -0.2) is 9.50 Å². The summed E-state index contributed by atoms with van der Waals surface area (Å²) >= 11 is 2.72. The summed E-state index contributed by atoms with van der Waals surface area (Å²) in [6.45, 7) is 6.39. The maximum atomic E-state index is 12.3. The first kappa shape index (κ1) is 19.5. The number of thioether (sulfide) groups is 1. The van der Waals surface area contributed by atoms with E-state index in [4.69, 9.17) is 0 Å². The number of hydrogen-bond donors (Lipinski definition) is 1. The molecule has 0 radical (unpaired) electrons. The number of fused-ring (bicyclic) bond motifs is 1. The van der Waals surface area contributed by atoms with E-state index in [1.54, 1.807) is 4.52 Å². The quantitative estimate of drug-likeness (QED) is 0.474. The zero-order valence-corrected chi connectivity index (χ0v) is 17.8. The van der Waals surface area contributed by atoms with Gasteiger partial charge in [-0.3, -0.25) is 4.79 Å². The number of benzene rings is 1. The van der Waals surface area contributed by atoms with Crippen molar-refractivity contribution in [2.45, 2.75) is 38.2 Å². The van der Waals surface area contributed by atoms with Gasteiger partial charge >= 0.3 is 0 Å². The van der Waals surface area contributed by atoms with Crippen molar-refractivity contribution in [3.05, 3.63) is 62.9 Å². The number of rotatable bonds is 6. The van der Waals surface area contributed by atoms with Crippen molar-refractivity contribution >= 4 is 34.8 Å². The second-order valence-corrected chi connectivity index (χ2v) is 8.61. The second-order valence-electron chi connectivity index (χ2n) is 6.60. The van der Waals surface area contributed by atoms with Crippen LogP contribution in [-0.4, -0.2) is 35.7 Å². The SMILES string of the molecule is Cc1ccc(CNC(=O)c2nnc(CSc3nc4nc(C)cc(C)n4n3)s2)cc1. The molecule has 0 saturated heterocycles. The largest absolute Gasteiger partial charge is 0.346 e. The van der Waals surface area contributed by atoms with E-state index in [0.29, 0.717) is 28.2 Å². The number of aryl methyl sites for hydroxylation is 3. The van der Waals surface area contributed by atoms with Crippen LogP contribution < -0.4 is 5.32 Å². The summed E-state index contributed by atoms with van der Waals surface area (Å²) in [6, 6.07) is 10.00. The van der Waals surface area contributed by atoms with E-state index in [1.807, 2.05) is 51.1 Å². The van der Waals surface area contributed by atoms with E-state index in [-0.39, 0.29) is 5.91 Å². The highest BCUT2D eigenvalue weighted by Gasteiger charge is 2.14. The number of carbonyl (C=O) groups excluding carboxylic acids is 1. The molecule has 0 unspecified atom stereocenters. The first-order valence-electron chi connectivity index (χ1n) is 8.98. The summed E-state index contributed by atoms with van der Waals surface area (Å²) in [4.78, 5) is 21.1. The van der Waals surface area contributed by atoms with Crippen LogP contribution >= 0.6 is 23.1 Å².